The summed E-state index contributed by atoms with van der Waals surface area (Å²) in [7, 11) is -1.00. The molecule has 1 aliphatic heterocycles. The Morgan fingerprint density at radius 2 is 1.33 bits per heavy atom. The van der Waals surface area contributed by atoms with Crippen LogP contribution in [0.15, 0.2) is 11.3 Å². The number of fused-ring (bicyclic) bond motifs is 1. The van der Waals surface area contributed by atoms with Gasteiger partial charge in [-0.05, 0) is 71.8 Å². The standard InChI is InChI=1S/C18H26BF3O2/c1-14(2)15(3,4)24-19(23-14)13(20)12-6-10-17(11-7-12)16(8-5-9-16)18(17,21)22/h5-11H2,1-4H3. The molecule has 24 heavy (non-hydrogen) atoms. The summed E-state index contributed by atoms with van der Waals surface area (Å²) in [6.07, 6.45) is 3.75. The SMILES string of the molecule is CC1(C)OB(C(F)=C2CCC3(CC2)C(F)(F)C32CCC2)OC1(C)C. The van der Waals surface area contributed by atoms with Gasteiger partial charge in [-0.1, -0.05) is 6.42 Å². The minimum atomic E-state index is -2.55. The molecule has 1 heterocycles. The average Bonchev–Trinajstić information content (AvgIpc) is 2.74. The van der Waals surface area contributed by atoms with E-state index in [-0.39, 0.29) is 0 Å². The van der Waals surface area contributed by atoms with Gasteiger partial charge in [-0.3, -0.25) is 0 Å². The van der Waals surface area contributed by atoms with Crippen LogP contribution >= 0.6 is 0 Å². The highest BCUT2D eigenvalue weighted by Gasteiger charge is 2.90. The van der Waals surface area contributed by atoms with E-state index in [2.05, 4.69) is 0 Å². The second-order valence-electron chi connectivity index (χ2n) is 9.13. The first kappa shape index (κ1) is 17.0. The lowest BCUT2D eigenvalue weighted by molar-refractivity contribution is 0.00578. The number of rotatable bonds is 1. The fourth-order valence-electron chi connectivity index (χ4n) is 5.19. The first-order valence-electron chi connectivity index (χ1n) is 9.11. The second-order valence-corrected chi connectivity index (χ2v) is 9.13. The predicted molar refractivity (Wildman–Crippen MR) is 86.3 cm³/mol. The summed E-state index contributed by atoms with van der Waals surface area (Å²) in [6, 6.07) is 0. The fourth-order valence-corrected chi connectivity index (χ4v) is 5.19. The highest BCUT2D eigenvalue weighted by atomic mass is 19.3. The van der Waals surface area contributed by atoms with Crippen molar-refractivity contribution in [3.05, 3.63) is 11.3 Å². The third kappa shape index (κ3) is 1.77. The minimum Gasteiger partial charge on any atom is -0.398 e. The van der Waals surface area contributed by atoms with Crippen molar-refractivity contribution in [3.8, 4) is 0 Å². The molecule has 3 aliphatic carbocycles. The van der Waals surface area contributed by atoms with Crippen LogP contribution in [0, 0.1) is 10.8 Å². The molecule has 0 bridgehead atoms. The molecule has 134 valence electrons. The van der Waals surface area contributed by atoms with E-state index in [1.165, 1.54) is 0 Å². The van der Waals surface area contributed by atoms with Crippen molar-refractivity contribution in [1.82, 2.24) is 0 Å². The highest BCUT2D eigenvalue weighted by molar-refractivity contribution is 6.53. The van der Waals surface area contributed by atoms with Crippen LogP contribution in [0.25, 0.3) is 0 Å². The van der Waals surface area contributed by atoms with E-state index >= 15 is 0 Å². The summed E-state index contributed by atoms with van der Waals surface area (Å²) < 4.78 is 55.3. The lowest BCUT2D eigenvalue weighted by Crippen LogP contribution is -2.41. The van der Waals surface area contributed by atoms with Gasteiger partial charge in [-0.25, -0.2) is 13.2 Å². The van der Waals surface area contributed by atoms with Gasteiger partial charge in [-0.15, -0.1) is 0 Å². The number of alkyl halides is 2. The lowest BCUT2D eigenvalue weighted by atomic mass is 9.68. The maximum atomic E-state index is 14.9. The Balaban J connectivity index is 1.49. The molecule has 0 amide bonds. The molecular formula is C18H26BF3O2. The fraction of sp³-hybridized carbons (Fsp3) is 0.889. The normalized spacial score (nSPS) is 37.6. The first-order valence-corrected chi connectivity index (χ1v) is 9.11. The molecule has 3 saturated carbocycles. The number of allylic oxidation sites excluding steroid dienone is 1. The minimum absolute atomic E-state index is 0.391. The van der Waals surface area contributed by atoms with Crippen LogP contribution in [0.3, 0.4) is 0 Å². The number of hydrogen-bond donors (Lipinski definition) is 0. The van der Waals surface area contributed by atoms with Crippen molar-refractivity contribution < 1.29 is 22.5 Å². The second kappa shape index (κ2) is 4.62. The molecule has 2 nitrogen and oxygen atoms in total. The maximum absolute atomic E-state index is 14.9. The van der Waals surface area contributed by atoms with Gasteiger partial charge >= 0.3 is 7.12 Å². The van der Waals surface area contributed by atoms with Crippen LogP contribution in [0.5, 0.6) is 0 Å². The molecule has 1 saturated heterocycles. The summed E-state index contributed by atoms with van der Waals surface area (Å²) in [5, 5.41) is 0. The average molecular weight is 342 g/mol. The van der Waals surface area contributed by atoms with Gasteiger partial charge in [0.15, 0.2) is 0 Å². The van der Waals surface area contributed by atoms with E-state index in [9.17, 15) is 13.2 Å². The predicted octanol–water partition coefficient (Wildman–Crippen LogP) is 5.22. The van der Waals surface area contributed by atoms with Gasteiger partial charge in [0.05, 0.1) is 11.2 Å². The first-order chi connectivity index (χ1) is 11.0. The maximum Gasteiger partial charge on any atom is 0.525 e. The Hall–Kier alpha value is -0.485. The zero-order valence-electron chi connectivity index (χ0n) is 15.0. The zero-order valence-corrected chi connectivity index (χ0v) is 15.0. The molecular weight excluding hydrogens is 316 g/mol. The smallest absolute Gasteiger partial charge is 0.398 e. The van der Waals surface area contributed by atoms with Crippen LogP contribution in [0.4, 0.5) is 13.2 Å². The van der Waals surface area contributed by atoms with Crippen LogP contribution in [0.1, 0.15) is 72.6 Å². The van der Waals surface area contributed by atoms with Crippen LogP contribution in [-0.4, -0.2) is 24.2 Å². The lowest BCUT2D eigenvalue weighted by Gasteiger charge is -2.33. The van der Waals surface area contributed by atoms with E-state index in [0.29, 0.717) is 44.1 Å². The molecule has 0 N–H and O–H groups in total. The quantitative estimate of drug-likeness (QED) is 0.608. The molecule has 0 aromatic carbocycles. The Bertz CT molecular complexity index is 581. The van der Waals surface area contributed by atoms with E-state index in [0.717, 1.165) is 6.42 Å². The van der Waals surface area contributed by atoms with E-state index in [1.54, 1.807) is 0 Å². The molecule has 0 radical (unpaired) electrons. The van der Waals surface area contributed by atoms with Gasteiger partial charge in [0, 0.05) is 10.8 Å². The zero-order chi connectivity index (χ0) is 17.6. The molecule has 0 atom stereocenters. The van der Waals surface area contributed by atoms with E-state index < -0.39 is 40.8 Å². The van der Waals surface area contributed by atoms with Crippen molar-refractivity contribution in [2.45, 2.75) is 89.8 Å². The van der Waals surface area contributed by atoms with Crippen LogP contribution < -0.4 is 0 Å². The summed E-state index contributed by atoms with van der Waals surface area (Å²) in [5.41, 5.74) is -2.59. The molecule has 4 rings (SSSR count). The Labute approximate surface area is 142 Å². The molecule has 6 heteroatoms. The molecule has 4 aliphatic rings. The number of hydrogen-bond acceptors (Lipinski definition) is 2. The Morgan fingerprint density at radius 3 is 1.71 bits per heavy atom. The van der Waals surface area contributed by atoms with Gasteiger partial charge in [-0.2, -0.15) is 0 Å². The van der Waals surface area contributed by atoms with Gasteiger partial charge in [0.25, 0.3) is 5.92 Å². The van der Waals surface area contributed by atoms with Crippen molar-refractivity contribution in [2.75, 3.05) is 0 Å². The largest absolute Gasteiger partial charge is 0.525 e. The Morgan fingerprint density at radius 1 is 0.875 bits per heavy atom. The van der Waals surface area contributed by atoms with Crippen molar-refractivity contribution >= 4 is 7.12 Å². The third-order valence-electron chi connectivity index (χ3n) is 7.77. The molecule has 4 fully saturated rings. The molecule has 0 unspecified atom stereocenters. The summed E-state index contributed by atoms with van der Waals surface area (Å²) in [6.45, 7) is 7.52. The van der Waals surface area contributed by atoms with Crippen LogP contribution in [0.2, 0.25) is 0 Å². The monoisotopic (exact) mass is 342 g/mol. The molecule has 0 aromatic rings. The topological polar surface area (TPSA) is 18.5 Å². The van der Waals surface area contributed by atoms with E-state index in [1.807, 2.05) is 27.7 Å². The highest BCUT2D eigenvalue weighted by Crippen LogP contribution is 2.86. The Kier molecular flexibility index (Phi) is 3.26. The van der Waals surface area contributed by atoms with Gasteiger partial charge in [0.2, 0.25) is 0 Å². The molecule has 0 aromatic heterocycles. The van der Waals surface area contributed by atoms with Crippen molar-refractivity contribution in [3.63, 3.8) is 0 Å². The summed E-state index contributed by atoms with van der Waals surface area (Å²) in [4.78, 5) is 0. The third-order valence-corrected chi connectivity index (χ3v) is 7.77. The number of halogens is 3. The van der Waals surface area contributed by atoms with Gasteiger partial charge < -0.3 is 9.31 Å². The van der Waals surface area contributed by atoms with Crippen molar-refractivity contribution in [1.29, 1.82) is 0 Å². The van der Waals surface area contributed by atoms with Crippen molar-refractivity contribution in [2.24, 2.45) is 10.8 Å². The van der Waals surface area contributed by atoms with Gasteiger partial charge in [0.1, 0.15) is 5.73 Å². The van der Waals surface area contributed by atoms with Crippen LogP contribution in [-0.2, 0) is 9.31 Å². The summed E-state index contributed by atoms with van der Waals surface area (Å²) in [5.74, 6) is -2.55. The summed E-state index contributed by atoms with van der Waals surface area (Å²) >= 11 is 0. The van der Waals surface area contributed by atoms with E-state index in [4.69, 9.17) is 9.31 Å². The molecule has 2 spiro atoms.